The summed E-state index contributed by atoms with van der Waals surface area (Å²) in [6.45, 7) is 6.50. The largest absolute Gasteiger partial charge is 0.300 e. The quantitative estimate of drug-likeness (QED) is 0.817. The second kappa shape index (κ2) is 5.42. The van der Waals surface area contributed by atoms with Crippen molar-refractivity contribution in [3.05, 3.63) is 12.2 Å². The first kappa shape index (κ1) is 13.1. The summed E-state index contributed by atoms with van der Waals surface area (Å²) in [6.07, 6.45) is 2.12. The fourth-order valence-corrected chi connectivity index (χ4v) is 1.77. The molecular formula is C11H16N6. The van der Waals surface area contributed by atoms with E-state index in [9.17, 15) is 0 Å². The molecule has 2 unspecified atom stereocenters. The lowest BCUT2D eigenvalue weighted by atomic mass is 9.95. The first-order valence-electron chi connectivity index (χ1n) is 5.52. The monoisotopic (exact) mass is 232 g/mol. The third-order valence-electron chi connectivity index (χ3n) is 2.58. The van der Waals surface area contributed by atoms with Crippen LogP contribution in [0, 0.1) is 22.7 Å². The van der Waals surface area contributed by atoms with Crippen molar-refractivity contribution >= 4 is 0 Å². The van der Waals surface area contributed by atoms with Gasteiger partial charge in [0.25, 0.3) is 5.82 Å². The van der Waals surface area contributed by atoms with E-state index >= 15 is 0 Å². The van der Waals surface area contributed by atoms with Crippen LogP contribution >= 0.6 is 0 Å². The number of nitriles is 2. The van der Waals surface area contributed by atoms with Gasteiger partial charge in [0.1, 0.15) is 17.9 Å². The summed E-state index contributed by atoms with van der Waals surface area (Å²) in [7, 11) is 0. The Morgan fingerprint density at radius 3 is 2.76 bits per heavy atom. The fourth-order valence-electron chi connectivity index (χ4n) is 1.77. The van der Waals surface area contributed by atoms with Gasteiger partial charge in [-0.25, -0.2) is 9.67 Å². The van der Waals surface area contributed by atoms with Gasteiger partial charge in [0, 0.05) is 6.42 Å². The number of hydrogen-bond donors (Lipinski definition) is 1. The molecule has 17 heavy (non-hydrogen) atoms. The van der Waals surface area contributed by atoms with Gasteiger partial charge < -0.3 is 0 Å². The molecule has 0 aliphatic rings. The van der Waals surface area contributed by atoms with E-state index in [1.165, 1.54) is 6.33 Å². The average molecular weight is 232 g/mol. The lowest BCUT2D eigenvalue weighted by Crippen LogP contribution is -2.42. The molecule has 90 valence electrons. The minimum absolute atomic E-state index is 0.00769. The summed E-state index contributed by atoms with van der Waals surface area (Å²) in [5.41, 5.74) is -0.590. The zero-order chi connectivity index (χ0) is 12.9. The van der Waals surface area contributed by atoms with E-state index in [0.717, 1.165) is 6.54 Å². The number of hydrogen-bond acceptors (Lipinski definition) is 5. The maximum atomic E-state index is 9.15. The third kappa shape index (κ3) is 3.27. The predicted octanol–water partition coefficient (Wildman–Crippen LogP) is 0.993. The van der Waals surface area contributed by atoms with Gasteiger partial charge in [-0.1, -0.05) is 6.92 Å². The van der Waals surface area contributed by atoms with Gasteiger partial charge in [0.05, 0.1) is 12.1 Å². The van der Waals surface area contributed by atoms with Crippen molar-refractivity contribution in [2.45, 2.75) is 38.8 Å². The van der Waals surface area contributed by atoms with Crippen molar-refractivity contribution in [1.82, 2.24) is 20.1 Å². The van der Waals surface area contributed by atoms with Gasteiger partial charge in [-0.2, -0.15) is 10.5 Å². The highest BCUT2D eigenvalue weighted by Gasteiger charge is 2.26. The SMILES string of the molecule is CCNC(C)(C#N)CC(C)n1cnc(C#N)n1. The van der Waals surface area contributed by atoms with Crippen LogP contribution in [0.1, 0.15) is 39.1 Å². The summed E-state index contributed by atoms with van der Waals surface area (Å²) in [5.74, 6) is 0.152. The average Bonchev–Trinajstić information content (AvgIpc) is 2.78. The first-order chi connectivity index (χ1) is 8.04. The molecule has 0 saturated heterocycles. The van der Waals surface area contributed by atoms with Crippen molar-refractivity contribution < 1.29 is 0 Å². The van der Waals surface area contributed by atoms with Crippen LogP contribution in [-0.4, -0.2) is 26.8 Å². The third-order valence-corrected chi connectivity index (χ3v) is 2.58. The van der Waals surface area contributed by atoms with Gasteiger partial charge in [0.15, 0.2) is 0 Å². The molecule has 1 aromatic heterocycles. The Labute approximate surface area is 101 Å². The molecule has 0 aromatic carbocycles. The summed E-state index contributed by atoms with van der Waals surface area (Å²) in [5, 5.41) is 25.0. The maximum Gasteiger partial charge on any atom is 0.252 e. The number of rotatable bonds is 5. The van der Waals surface area contributed by atoms with Crippen LogP contribution in [0.25, 0.3) is 0 Å². The molecule has 0 radical (unpaired) electrons. The first-order valence-corrected chi connectivity index (χ1v) is 5.52. The van der Waals surface area contributed by atoms with Crippen molar-refractivity contribution in [3.63, 3.8) is 0 Å². The zero-order valence-electron chi connectivity index (χ0n) is 10.3. The molecule has 0 bridgehead atoms. The highest BCUT2D eigenvalue weighted by atomic mass is 15.3. The molecular weight excluding hydrogens is 216 g/mol. The van der Waals surface area contributed by atoms with Gasteiger partial charge in [-0.15, -0.1) is 5.10 Å². The van der Waals surface area contributed by atoms with Crippen LogP contribution in [0.4, 0.5) is 0 Å². The molecule has 1 N–H and O–H groups in total. The second-order valence-corrected chi connectivity index (χ2v) is 4.19. The topological polar surface area (TPSA) is 90.3 Å². The molecule has 6 nitrogen and oxygen atoms in total. The van der Waals surface area contributed by atoms with Crippen LogP contribution in [0.2, 0.25) is 0 Å². The van der Waals surface area contributed by atoms with Gasteiger partial charge in [-0.3, -0.25) is 5.32 Å². The molecule has 0 spiro atoms. The van der Waals surface area contributed by atoms with Crippen molar-refractivity contribution in [1.29, 1.82) is 10.5 Å². The molecule has 6 heteroatoms. The molecule has 0 fully saturated rings. The molecule has 1 rings (SSSR count). The van der Waals surface area contributed by atoms with Crippen LogP contribution < -0.4 is 5.32 Å². The van der Waals surface area contributed by atoms with E-state index in [2.05, 4.69) is 21.5 Å². The molecule has 2 atom stereocenters. The molecule has 1 aromatic rings. The summed E-state index contributed by atoms with van der Waals surface area (Å²) in [6, 6.07) is 4.15. The Morgan fingerprint density at radius 1 is 1.59 bits per heavy atom. The Hall–Kier alpha value is -1.92. The number of nitrogens with zero attached hydrogens (tertiary/aromatic N) is 5. The van der Waals surface area contributed by atoms with Crippen molar-refractivity contribution in [2.75, 3.05) is 6.54 Å². The standard InChI is InChI=1S/C11H16N6/c1-4-15-11(3,7-13)5-9(2)17-8-14-10(6-12)16-17/h8-9,15H,4-5H2,1-3H3. The minimum Gasteiger partial charge on any atom is -0.300 e. The van der Waals surface area contributed by atoms with Gasteiger partial charge in [-0.05, 0) is 20.4 Å². The second-order valence-electron chi connectivity index (χ2n) is 4.19. The normalized spacial score (nSPS) is 15.6. The summed E-state index contributed by atoms with van der Waals surface area (Å²) >= 11 is 0. The Bertz CT molecular complexity index is 451. The smallest absolute Gasteiger partial charge is 0.252 e. The predicted molar refractivity (Wildman–Crippen MR) is 61.8 cm³/mol. The van der Waals surface area contributed by atoms with E-state index < -0.39 is 5.54 Å². The lowest BCUT2D eigenvalue weighted by molar-refractivity contribution is 0.337. The maximum absolute atomic E-state index is 9.15. The van der Waals surface area contributed by atoms with Crippen molar-refractivity contribution in [3.8, 4) is 12.1 Å². The van der Waals surface area contributed by atoms with Crippen LogP contribution in [0.15, 0.2) is 6.33 Å². The van der Waals surface area contributed by atoms with Crippen LogP contribution in [0.3, 0.4) is 0 Å². The van der Waals surface area contributed by atoms with Crippen LogP contribution in [-0.2, 0) is 0 Å². The highest BCUT2D eigenvalue weighted by Crippen LogP contribution is 2.19. The number of nitrogens with one attached hydrogen (secondary N) is 1. The molecule has 0 amide bonds. The molecule has 1 heterocycles. The fraction of sp³-hybridized carbons (Fsp3) is 0.636. The highest BCUT2D eigenvalue weighted by molar-refractivity contribution is 5.07. The minimum atomic E-state index is -0.590. The Morgan fingerprint density at radius 2 is 2.29 bits per heavy atom. The Balaban J connectivity index is 2.75. The molecule has 0 aliphatic carbocycles. The van der Waals surface area contributed by atoms with Gasteiger partial charge >= 0.3 is 0 Å². The van der Waals surface area contributed by atoms with Crippen LogP contribution in [0.5, 0.6) is 0 Å². The Kier molecular flexibility index (Phi) is 4.19. The van der Waals surface area contributed by atoms with E-state index in [4.69, 9.17) is 10.5 Å². The van der Waals surface area contributed by atoms with E-state index in [1.54, 1.807) is 4.68 Å². The number of aromatic nitrogens is 3. The molecule has 0 saturated carbocycles. The van der Waals surface area contributed by atoms with E-state index in [-0.39, 0.29) is 11.9 Å². The van der Waals surface area contributed by atoms with E-state index in [1.807, 2.05) is 26.8 Å². The molecule has 0 aliphatic heterocycles. The van der Waals surface area contributed by atoms with Crippen molar-refractivity contribution in [2.24, 2.45) is 0 Å². The summed E-state index contributed by atoms with van der Waals surface area (Å²) in [4.78, 5) is 3.85. The zero-order valence-corrected chi connectivity index (χ0v) is 10.3. The summed E-state index contributed by atoms with van der Waals surface area (Å²) < 4.78 is 1.62. The van der Waals surface area contributed by atoms with E-state index in [0.29, 0.717) is 6.42 Å². The lowest BCUT2D eigenvalue weighted by Gasteiger charge is -2.25. The van der Waals surface area contributed by atoms with Gasteiger partial charge in [0.2, 0.25) is 0 Å².